The molecule has 0 aromatic carbocycles. The minimum Gasteiger partial charge on any atom is -0.396 e. The quantitative estimate of drug-likeness (QED) is 0.0388. The summed E-state index contributed by atoms with van der Waals surface area (Å²) in [7, 11) is 0. The summed E-state index contributed by atoms with van der Waals surface area (Å²) in [6, 6.07) is 0. The van der Waals surface area contributed by atoms with Crippen LogP contribution in [0.2, 0.25) is 0 Å². The molecule has 0 amide bonds. The molecule has 0 bridgehead atoms. The van der Waals surface area contributed by atoms with Crippen LogP contribution in [0.1, 0.15) is 19.8 Å². The van der Waals surface area contributed by atoms with Gasteiger partial charge in [-0.2, -0.15) is 0 Å². The van der Waals surface area contributed by atoms with Gasteiger partial charge in [-0.1, -0.05) is 49.5 Å². The van der Waals surface area contributed by atoms with Crippen LogP contribution in [-0.2, 0) is 33.2 Å². The van der Waals surface area contributed by atoms with E-state index < -0.39 is 5.41 Å². The lowest BCUT2D eigenvalue weighted by Gasteiger charge is -2.24. The van der Waals surface area contributed by atoms with Gasteiger partial charge >= 0.3 is 0 Å². The van der Waals surface area contributed by atoms with Gasteiger partial charge in [0, 0.05) is 18.6 Å². The molecule has 1 atom stereocenters. The molecule has 316 valence electrons. The van der Waals surface area contributed by atoms with Gasteiger partial charge in [-0.05, 0) is 12.8 Å². The lowest BCUT2D eigenvalue weighted by atomic mass is 9.88. The van der Waals surface area contributed by atoms with E-state index in [1.54, 1.807) is 42.5 Å². The van der Waals surface area contributed by atoms with Crippen molar-refractivity contribution in [1.82, 2.24) is 0 Å². The highest BCUT2D eigenvalue weighted by Crippen LogP contribution is 2.18. The molecular formula is C39H76O14. The maximum absolute atomic E-state index is 8.79. The Labute approximate surface area is 320 Å². The van der Waals surface area contributed by atoms with Gasteiger partial charge in [-0.25, -0.2) is 0 Å². The topological polar surface area (TPSA) is 206 Å². The summed E-state index contributed by atoms with van der Waals surface area (Å²) in [5.41, 5.74) is -0.667. The molecule has 14 heteroatoms. The van der Waals surface area contributed by atoms with Crippen LogP contribution in [-0.4, -0.2) is 174 Å². The highest BCUT2D eigenvalue weighted by Gasteiger charge is 2.24. The fourth-order valence-corrected chi connectivity index (χ4v) is 2.38. The van der Waals surface area contributed by atoms with Crippen LogP contribution in [0.4, 0.5) is 0 Å². The summed E-state index contributed by atoms with van der Waals surface area (Å²) in [6.45, 7) is 32.7. The molecule has 0 rings (SSSR count). The first kappa shape index (κ1) is 62.6. The Bertz CT molecular complexity index is 693. The van der Waals surface area contributed by atoms with E-state index in [0.29, 0.717) is 98.7 Å². The Morgan fingerprint density at radius 3 is 1.19 bits per heavy atom. The molecular weight excluding hydrogens is 692 g/mol. The zero-order valence-electron chi connectivity index (χ0n) is 32.6. The molecule has 1 unspecified atom stereocenters. The van der Waals surface area contributed by atoms with Gasteiger partial charge in [0.05, 0.1) is 119 Å². The zero-order chi connectivity index (χ0) is 41.5. The van der Waals surface area contributed by atoms with E-state index in [4.69, 9.17) is 68.9 Å². The molecule has 0 heterocycles. The highest BCUT2D eigenvalue weighted by molar-refractivity contribution is 4.74. The highest BCUT2D eigenvalue weighted by atomic mass is 16.5. The molecule has 0 aliphatic rings. The molecule has 0 saturated carbocycles. The first-order valence-corrected chi connectivity index (χ1v) is 17.4. The van der Waals surface area contributed by atoms with Gasteiger partial charge in [0.15, 0.2) is 0 Å². The first-order valence-electron chi connectivity index (χ1n) is 17.4. The third-order valence-electron chi connectivity index (χ3n) is 5.42. The van der Waals surface area contributed by atoms with Crippen molar-refractivity contribution in [3.63, 3.8) is 0 Å². The van der Waals surface area contributed by atoms with E-state index in [0.717, 1.165) is 0 Å². The van der Waals surface area contributed by atoms with Gasteiger partial charge in [0.2, 0.25) is 0 Å². The lowest BCUT2D eigenvalue weighted by Crippen LogP contribution is -2.32. The number of rotatable bonds is 32. The molecule has 0 radical (unpaired) electrons. The lowest BCUT2D eigenvalue weighted by molar-refractivity contribution is -0.0268. The molecule has 0 aliphatic heterocycles. The predicted molar refractivity (Wildman–Crippen MR) is 213 cm³/mol. The van der Waals surface area contributed by atoms with Crippen LogP contribution in [0.5, 0.6) is 0 Å². The van der Waals surface area contributed by atoms with Crippen molar-refractivity contribution < 1.29 is 68.9 Å². The number of hydrogen-bond acceptors (Lipinski definition) is 14. The molecule has 0 aromatic heterocycles. The Balaban J connectivity index is -0.000000126. The standard InChI is InChI=1S/C9H16O3.C7H14O3.C6H14O3.C6H12O2.C6H10O.C5H10O2/c1-3-5-11-8-9(7-10)12-6-4-2;1-2-4-9-6-7-10-5-3-8;1-2-6(3-7,4-8)5-9;1-2-5-8-6-3-4-7;1-3-5-7-6-4-2;1-2-4-7-5-3-6/h3-4,9-10H,1-2,5-8H2;2,8H,1,3-7H2;7-9H,2-5H2,1H3;2,7H,1,3-6H2;3-4H,1-2,5-6H2;2,6H,1,3-5H2. The SMILES string of the molecule is C=CCOCC(CO)OCC=C.C=CCOCC=C.C=CCOCCCO.C=CCOCCO.C=CCOCCOCCO.CCC(CO)(CO)CO. The second-order valence-electron chi connectivity index (χ2n) is 9.92. The van der Waals surface area contributed by atoms with E-state index in [1.165, 1.54) is 0 Å². The average Bonchev–Trinajstić information content (AvgIpc) is 3.19. The second kappa shape index (κ2) is 64.6. The Hall–Kier alpha value is -2.38. The smallest absolute Gasteiger partial charge is 0.104 e. The van der Waals surface area contributed by atoms with Crippen LogP contribution in [0.3, 0.4) is 0 Å². The number of hydrogen-bond donors (Lipinski definition) is 7. The van der Waals surface area contributed by atoms with Crippen molar-refractivity contribution in [3.8, 4) is 0 Å². The van der Waals surface area contributed by atoms with Crippen LogP contribution in [0, 0.1) is 5.41 Å². The van der Waals surface area contributed by atoms with Crippen molar-refractivity contribution in [2.24, 2.45) is 5.41 Å². The third-order valence-corrected chi connectivity index (χ3v) is 5.42. The largest absolute Gasteiger partial charge is 0.396 e. The van der Waals surface area contributed by atoms with Crippen LogP contribution in [0.25, 0.3) is 0 Å². The second-order valence-corrected chi connectivity index (χ2v) is 9.92. The van der Waals surface area contributed by atoms with Gasteiger partial charge < -0.3 is 68.9 Å². The van der Waals surface area contributed by atoms with Gasteiger partial charge in [0.25, 0.3) is 0 Å². The average molecular weight is 769 g/mol. The maximum atomic E-state index is 8.79. The summed E-state index contributed by atoms with van der Waals surface area (Å²) in [5, 5.41) is 59.4. The zero-order valence-corrected chi connectivity index (χ0v) is 32.6. The molecule has 0 fully saturated rings. The minimum absolute atomic E-state index is 0.0367. The van der Waals surface area contributed by atoms with Crippen LogP contribution >= 0.6 is 0 Å². The van der Waals surface area contributed by atoms with Gasteiger partial charge in [-0.15, -0.1) is 46.1 Å². The summed E-state index contributed by atoms with van der Waals surface area (Å²) in [5.74, 6) is 0. The van der Waals surface area contributed by atoms with Crippen molar-refractivity contribution in [2.45, 2.75) is 25.9 Å². The van der Waals surface area contributed by atoms with Crippen molar-refractivity contribution in [3.05, 3.63) is 88.6 Å². The number of aliphatic hydroxyl groups is 7. The van der Waals surface area contributed by atoms with Gasteiger partial charge in [0.1, 0.15) is 6.10 Å². The Kier molecular flexibility index (Phi) is 76.3. The third kappa shape index (κ3) is 68.2. The maximum Gasteiger partial charge on any atom is 0.104 e. The van der Waals surface area contributed by atoms with Gasteiger partial charge in [-0.3, -0.25) is 0 Å². The predicted octanol–water partition coefficient (Wildman–Crippen LogP) is 2.44. The first-order chi connectivity index (χ1) is 25.7. The van der Waals surface area contributed by atoms with E-state index in [-0.39, 0.29) is 52.4 Å². The van der Waals surface area contributed by atoms with Crippen LogP contribution in [0.15, 0.2) is 88.6 Å². The summed E-state index contributed by atoms with van der Waals surface area (Å²) >= 11 is 0. The summed E-state index contributed by atoms with van der Waals surface area (Å²) in [4.78, 5) is 0. The fourth-order valence-electron chi connectivity index (χ4n) is 2.38. The number of ether oxygens (including phenoxy) is 7. The molecule has 0 saturated heterocycles. The summed E-state index contributed by atoms with van der Waals surface area (Å²) < 4.78 is 34.8. The molecule has 0 aromatic rings. The molecule has 14 nitrogen and oxygen atoms in total. The van der Waals surface area contributed by atoms with Crippen molar-refractivity contribution >= 4 is 0 Å². The monoisotopic (exact) mass is 769 g/mol. The van der Waals surface area contributed by atoms with E-state index >= 15 is 0 Å². The molecule has 7 N–H and O–H groups in total. The Morgan fingerprint density at radius 1 is 0.453 bits per heavy atom. The molecule has 0 aliphatic carbocycles. The number of aliphatic hydroxyl groups excluding tert-OH is 7. The molecule has 0 spiro atoms. The summed E-state index contributed by atoms with van der Waals surface area (Å²) in [6.07, 6.45) is 12.8. The van der Waals surface area contributed by atoms with E-state index in [1.807, 2.05) is 6.92 Å². The Morgan fingerprint density at radius 2 is 0.830 bits per heavy atom. The minimum atomic E-state index is -0.667. The van der Waals surface area contributed by atoms with Crippen LogP contribution < -0.4 is 0 Å². The van der Waals surface area contributed by atoms with E-state index in [2.05, 4.69) is 46.1 Å². The van der Waals surface area contributed by atoms with Crippen molar-refractivity contribution in [1.29, 1.82) is 0 Å². The normalized spacial score (nSPS) is 10.3. The van der Waals surface area contributed by atoms with Crippen molar-refractivity contribution in [2.75, 3.05) is 132 Å². The molecule has 53 heavy (non-hydrogen) atoms. The van der Waals surface area contributed by atoms with E-state index in [9.17, 15) is 0 Å². The fraction of sp³-hybridized carbons (Fsp3) is 0.641.